The number of benzene rings is 1. The molecule has 1 aromatic carbocycles. The standard InChI is InChI=1S/C22H24N4O3S/c1-12-7-13(2)20(14(3)8-12)26-17(27)9-23-18(28)10-29-21-19-15-5-4-6-16(15)30-22(19)25-11-24-21/h7-8,11H,4-6,9-10H2,1-3H3,(H,23,28)(H,26,27). The van der Waals surface area contributed by atoms with E-state index in [9.17, 15) is 9.59 Å². The van der Waals surface area contributed by atoms with Gasteiger partial charge in [-0.05, 0) is 56.7 Å². The Labute approximate surface area is 178 Å². The zero-order chi connectivity index (χ0) is 21.3. The number of amides is 2. The summed E-state index contributed by atoms with van der Waals surface area (Å²) < 4.78 is 5.68. The summed E-state index contributed by atoms with van der Waals surface area (Å²) in [6.45, 7) is 5.59. The molecule has 8 heteroatoms. The number of hydrogen-bond acceptors (Lipinski definition) is 6. The molecule has 7 nitrogen and oxygen atoms in total. The van der Waals surface area contributed by atoms with E-state index in [1.54, 1.807) is 11.3 Å². The van der Waals surface area contributed by atoms with Crippen LogP contribution in [0, 0.1) is 20.8 Å². The number of ether oxygens (including phenoxy) is 1. The summed E-state index contributed by atoms with van der Waals surface area (Å²) >= 11 is 1.67. The number of hydrogen-bond donors (Lipinski definition) is 2. The van der Waals surface area contributed by atoms with Crippen LogP contribution in [0.2, 0.25) is 0 Å². The number of aryl methyl sites for hydroxylation is 5. The van der Waals surface area contributed by atoms with Crippen LogP contribution in [-0.4, -0.2) is 34.9 Å². The van der Waals surface area contributed by atoms with Crippen LogP contribution in [-0.2, 0) is 22.4 Å². The molecule has 1 aliphatic carbocycles. The van der Waals surface area contributed by atoms with E-state index in [0.717, 1.165) is 51.9 Å². The molecule has 3 aromatic rings. The highest BCUT2D eigenvalue weighted by atomic mass is 32.1. The Bertz CT molecular complexity index is 1120. The maximum Gasteiger partial charge on any atom is 0.258 e. The van der Waals surface area contributed by atoms with E-state index >= 15 is 0 Å². The molecule has 30 heavy (non-hydrogen) atoms. The van der Waals surface area contributed by atoms with Crippen molar-refractivity contribution in [3.05, 3.63) is 45.6 Å². The molecular weight excluding hydrogens is 400 g/mol. The van der Waals surface area contributed by atoms with Crippen molar-refractivity contribution in [1.29, 1.82) is 0 Å². The van der Waals surface area contributed by atoms with Crippen LogP contribution in [0.25, 0.3) is 10.2 Å². The highest BCUT2D eigenvalue weighted by molar-refractivity contribution is 7.18. The molecule has 2 N–H and O–H groups in total. The van der Waals surface area contributed by atoms with Gasteiger partial charge in [-0.3, -0.25) is 9.59 Å². The highest BCUT2D eigenvalue weighted by Gasteiger charge is 2.22. The van der Waals surface area contributed by atoms with Crippen LogP contribution in [0.5, 0.6) is 5.88 Å². The largest absolute Gasteiger partial charge is 0.467 e. The van der Waals surface area contributed by atoms with Gasteiger partial charge in [0.05, 0.1) is 11.9 Å². The van der Waals surface area contributed by atoms with Crippen LogP contribution in [0.1, 0.15) is 33.6 Å². The molecule has 0 saturated carbocycles. The second-order valence-electron chi connectivity index (χ2n) is 7.60. The topological polar surface area (TPSA) is 93.2 Å². The van der Waals surface area contributed by atoms with Crippen LogP contribution >= 0.6 is 11.3 Å². The first-order chi connectivity index (χ1) is 14.4. The van der Waals surface area contributed by atoms with Crippen molar-refractivity contribution in [3.63, 3.8) is 0 Å². The summed E-state index contributed by atoms with van der Waals surface area (Å²) in [5, 5.41) is 6.39. The number of rotatable bonds is 6. The average molecular weight is 425 g/mol. The second-order valence-corrected chi connectivity index (χ2v) is 8.69. The van der Waals surface area contributed by atoms with Gasteiger partial charge >= 0.3 is 0 Å². The molecule has 0 atom stereocenters. The van der Waals surface area contributed by atoms with Gasteiger partial charge in [0.1, 0.15) is 11.2 Å². The number of carbonyl (C=O) groups is 2. The minimum Gasteiger partial charge on any atom is -0.467 e. The Balaban J connectivity index is 1.33. The maximum atomic E-state index is 12.3. The lowest BCUT2D eigenvalue weighted by Crippen LogP contribution is -2.36. The van der Waals surface area contributed by atoms with Crippen molar-refractivity contribution < 1.29 is 14.3 Å². The van der Waals surface area contributed by atoms with E-state index in [1.807, 2.05) is 32.9 Å². The van der Waals surface area contributed by atoms with Gasteiger partial charge in [-0.1, -0.05) is 17.7 Å². The van der Waals surface area contributed by atoms with Gasteiger partial charge in [0.15, 0.2) is 6.61 Å². The van der Waals surface area contributed by atoms with E-state index < -0.39 is 0 Å². The fraction of sp³-hybridized carbons (Fsp3) is 0.364. The fourth-order valence-corrected chi connectivity index (χ4v) is 5.15. The van der Waals surface area contributed by atoms with Gasteiger partial charge in [-0.2, -0.15) is 0 Å². The fourth-order valence-electron chi connectivity index (χ4n) is 3.93. The van der Waals surface area contributed by atoms with Gasteiger partial charge in [-0.15, -0.1) is 11.3 Å². The van der Waals surface area contributed by atoms with E-state index in [-0.39, 0.29) is 25.0 Å². The molecule has 2 amide bonds. The summed E-state index contributed by atoms with van der Waals surface area (Å²) in [5.41, 5.74) is 5.15. The first kappa shape index (κ1) is 20.3. The van der Waals surface area contributed by atoms with Crippen molar-refractivity contribution in [2.75, 3.05) is 18.5 Å². The van der Waals surface area contributed by atoms with Gasteiger partial charge in [0.25, 0.3) is 5.91 Å². The third-order valence-electron chi connectivity index (χ3n) is 5.19. The predicted molar refractivity (Wildman–Crippen MR) is 117 cm³/mol. The molecule has 1 aliphatic rings. The number of nitrogens with one attached hydrogen (secondary N) is 2. The Hall–Kier alpha value is -3.00. The van der Waals surface area contributed by atoms with Crippen LogP contribution in [0.4, 0.5) is 5.69 Å². The first-order valence-electron chi connectivity index (χ1n) is 9.95. The quantitative estimate of drug-likeness (QED) is 0.634. The van der Waals surface area contributed by atoms with Gasteiger partial charge in [-0.25, -0.2) is 9.97 Å². The number of thiophene rings is 1. The highest BCUT2D eigenvalue weighted by Crippen LogP contribution is 2.39. The van der Waals surface area contributed by atoms with E-state index in [2.05, 4.69) is 20.6 Å². The van der Waals surface area contributed by atoms with Gasteiger partial charge in [0, 0.05) is 10.6 Å². The lowest BCUT2D eigenvalue weighted by molar-refractivity contribution is -0.125. The second kappa shape index (κ2) is 8.39. The summed E-state index contributed by atoms with van der Waals surface area (Å²) in [6.07, 6.45) is 4.64. The first-order valence-corrected chi connectivity index (χ1v) is 10.8. The normalized spacial score (nSPS) is 12.6. The van der Waals surface area contributed by atoms with Crippen molar-refractivity contribution in [1.82, 2.24) is 15.3 Å². The van der Waals surface area contributed by atoms with Crippen LogP contribution in [0.15, 0.2) is 18.5 Å². The lowest BCUT2D eigenvalue weighted by Gasteiger charge is -2.13. The molecule has 156 valence electrons. The third-order valence-corrected chi connectivity index (χ3v) is 6.39. The molecule has 0 aliphatic heterocycles. The number of anilines is 1. The van der Waals surface area contributed by atoms with Crippen molar-refractivity contribution in [3.8, 4) is 5.88 Å². The SMILES string of the molecule is Cc1cc(C)c(NC(=O)CNC(=O)COc2ncnc3sc4c(c23)CCC4)c(C)c1. The summed E-state index contributed by atoms with van der Waals surface area (Å²) in [7, 11) is 0. The van der Waals surface area contributed by atoms with Crippen molar-refractivity contribution >= 4 is 39.1 Å². The molecule has 0 unspecified atom stereocenters. The van der Waals surface area contributed by atoms with E-state index in [0.29, 0.717) is 5.88 Å². The molecule has 0 bridgehead atoms. The molecule has 0 fully saturated rings. The Morgan fingerprint density at radius 3 is 2.63 bits per heavy atom. The summed E-state index contributed by atoms with van der Waals surface area (Å²) in [5.74, 6) is -0.218. The lowest BCUT2D eigenvalue weighted by atomic mass is 10.1. The third kappa shape index (κ3) is 4.14. The van der Waals surface area contributed by atoms with Crippen LogP contribution < -0.4 is 15.4 Å². The maximum absolute atomic E-state index is 12.3. The average Bonchev–Trinajstić information content (AvgIpc) is 3.28. The Kier molecular flexibility index (Phi) is 5.67. The molecule has 2 aromatic heterocycles. The smallest absolute Gasteiger partial charge is 0.258 e. The minimum absolute atomic E-state index is 0.123. The van der Waals surface area contributed by atoms with Crippen LogP contribution in [0.3, 0.4) is 0 Å². The molecule has 0 saturated heterocycles. The summed E-state index contributed by atoms with van der Waals surface area (Å²) in [4.78, 5) is 35.2. The molecule has 4 rings (SSSR count). The van der Waals surface area contributed by atoms with Gasteiger partial charge in [0.2, 0.25) is 11.8 Å². The molecule has 0 spiro atoms. The molecule has 0 radical (unpaired) electrons. The summed E-state index contributed by atoms with van der Waals surface area (Å²) in [6, 6.07) is 4.03. The minimum atomic E-state index is -0.374. The predicted octanol–water partition coefficient (Wildman–Crippen LogP) is 3.24. The van der Waals surface area contributed by atoms with Crippen molar-refractivity contribution in [2.24, 2.45) is 0 Å². The zero-order valence-corrected chi connectivity index (χ0v) is 18.1. The number of fused-ring (bicyclic) bond motifs is 3. The molecule has 2 heterocycles. The van der Waals surface area contributed by atoms with Gasteiger partial charge < -0.3 is 15.4 Å². The zero-order valence-electron chi connectivity index (χ0n) is 17.3. The molecular formula is C22H24N4O3S. The number of nitrogens with zero attached hydrogens (tertiary/aromatic N) is 2. The Morgan fingerprint density at radius 1 is 1.10 bits per heavy atom. The van der Waals surface area contributed by atoms with E-state index in [1.165, 1.54) is 16.8 Å². The monoisotopic (exact) mass is 424 g/mol. The Morgan fingerprint density at radius 2 is 1.87 bits per heavy atom. The number of aromatic nitrogens is 2. The van der Waals surface area contributed by atoms with Crippen molar-refractivity contribution in [2.45, 2.75) is 40.0 Å². The van der Waals surface area contributed by atoms with E-state index in [4.69, 9.17) is 4.74 Å². The number of carbonyl (C=O) groups excluding carboxylic acids is 2.